The van der Waals surface area contributed by atoms with Crippen LogP contribution in [0.5, 0.6) is 0 Å². The Morgan fingerprint density at radius 1 is 1.23 bits per heavy atom. The number of nitrogens with zero attached hydrogens (tertiary/aromatic N) is 6. The summed E-state index contributed by atoms with van der Waals surface area (Å²) >= 11 is 7.02. The number of alkyl halides is 3. The van der Waals surface area contributed by atoms with Gasteiger partial charge in [0.1, 0.15) is 0 Å². The number of rotatable bonds is 5. The molecule has 0 aliphatic carbocycles. The van der Waals surface area contributed by atoms with E-state index in [2.05, 4.69) is 15.2 Å². The smallest absolute Gasteiger partial charge is 0.334 e. The molecule has 0 spiro atoms. The topological polar surface area (TPSA) is 68.3 Å². The highest BCUT2D eigenvalue weighted by atomic mass is 35.5. The lowest BCUT2D eigenvalue weighted by Crippen LogP contribution is -2.27. The van der Waals surface area contributed by atoms with Crippen molar-refractivity contribution in [3.8, 4) is 10.6 Å². The molecular weight excluding hydrogens is 453 g/mol. The van der Waals surface area contributed by atoms with Crippen molar-refractivity contribution in [2.75, 3.05) is 7.05 Å². The Balaban J connectivity index is 1.71. The van der Waals surface area contributed by atoms with Crippen LogP contribution in [0.25, 0.3) is 16.2 Å². The number of carbonyl (C=O) groups excluding carboxylic acids is 1. The highest BCUT2D eigenvalue weighted by Crippen LogP contribution is 2.35. The molecule has 0 aromatic carbocycles. The van der Waals surface area contributed by atoms with Gasteiger partial charge in [0.2, 0.25) is 0 Å². The van der Waals surface area contributed by atoms with Gasteiger partial charge in [0.15, 0.2) is 17.0 Å². The summed E-state index contributed by atoms with van der Waals surface area (Å²) in [6.45, 7) is 2.82. The van der Waals surface area contributed by atoms with Crippen molar-refractivity contribution >= 4 is 34.5 Å². The molecule has 0 unspecified atom stereocenters. The highest BCUT2D eigenvalue weighted by molar-refractivity contribution is 7.19. The van der Waals surface area contributed by atoms with Crippen molar-refractivity contribution < 1.29 is 18.0 Å². The summed E-state index contributed by atoms with van der Waals surface area (Å²) in [5.74, 6) is -0.537. The minimum Gasteiger partial charge on any atom is -0.334 e. The molecule has 0 aliphatic rings. The SMILES string of the molecule is CCn1ccc(CN(C)C(=O)c2cc3nc(-c4ccc(Cl)s4)cc(C(F)(F)F)n3n2)n1. The van der Waals surface area contributed by atoms with Gasteiger partial charge < -0.3 is 4.90 Å². The Morgan fingerprint density at radius 2 is 2.00 bits per heavy atom. The third-order valence-electron chi connectivity index (χ3n) is 4.53. The molecule has 4 rings (SSSR count). The summed E-state index contributed by atoms with van der Waals surface area (Å²) in [4.78, 5) is 18.9. The van der Waals surface area contributed by atoms with E-state index in [1.165, 1.54) is 18.0 Å². The van der Waals surface area contributed by atoms with Crippen molar-refractivity contribution in [2.24, 2.45) is 0 Å². The first-order valence-corrected chi connectivity index (χ1v) is 10.4. The number of halogens is 4. The van der Waals surface area contributed by atoms with E-state index in [1.54, 1.807) is 29.1 Å². The summed E-state index contributed by atoms with van der Waals surface area (Å²) in [5, 5.41) is 8.21. The maximum atomic E-state index is 13.7. The normalized spacial score (nSPS) is 11.9. The lowest BCUT2D eigenvalue weighted by atomic mass is 10.2. The molecule has 12 heteroatoms. The number of aryl methyl sites for hydroxylation is 1. The monoisotopic (exact) mass is 468 g/mol. The molecule has 7 nitrogen and oxygen atoms in total. The second-order valence-corrected chi connectivity index (χ2v) is 8.47. The molecular formula is C19H16ClF3N6OS. The molecule has 0 aliphatic heterocycles. The Bertz CT molecular complexity index is 1260. The van der Waals surface area contributed by atoms with Crippen LogP contribution in [0, 0.1) is 0 Å². The minimum absolute atomic E-state index is 0.0821. The van der Waals surface area contributed by atoms with E-state index in [1.807, 2.05) is 6.92 Å². The molecule has 0 atom stereocenters. The van der Waals surface area contributed by atoms with Crippen LogP contribution in [0.4, 0.5) is 13.2 Å². The van der Waals surface area contributed by atoms with Crippen LogP contribution in [0.1, 0.15) is 28.8 Å². The summed E-state index contributed by atoms with van der Waals surface area (Å²) in [5.41, 5.74) is -0.486. The van der Waals surface area contributed by atoms with Crippen molar-refractivity contribution in [1.29, 1.82) is 0 Å². The fraction of sp³-hybridized carbons (Fsp3) is 0.263. The number of carbonyl (C=O) groups is 1. The molecule has 4 aromatic rings. The standard InChI is InChI=1S/C19H16ClF3N6OS/c1-3-28-7-6-11(25-28)10-27(2)18(30)13-9-17-24-12(14-4-5-16(20)31-14)8-15(19(21,22)23)29(17)26-13/h4-9H,3,10H2,1-2H3. The van der Waals surface area contributed by atoms with E-state index >= 15 is 0 Å². The summed E-state index contributed by atoms with van der Waals surface area (Å²) in [7, 11) is 1.54. The predicted molar refractivity (Wildman–Crippen MR) is 110 cm³/mol. The molecule has 0 radical (unpaired) electrons. The number of thiophene rings is 1. The number of aromatic nitrogens is 5. The summed E-state index contributed by atoms with van der Waals surface area (Å²) in [6.07, 6.45) is -2.90. The Morgan fingerprint density at radius 3 is 2.61 bits per heavy atom. The third-order valence-corrected chi connectivity index (χ3v) is 5.78. The first-order valence-electron chi connectivity index (χ1n) is 9.17. The van der Waals surface area contributed by atoms with Crippen molar-refractivity contribution in [3.63, 3.8) is 0 Å². The number of amides is 1. The molecule has 0 saturated carbocycles. The average Bonchev–Trinajstić information content (AvgIpc) is 3.44. The lowest BCUT2D eigenvalue weighted by molar-refractivity contribution is -0.142. The van der Waals surface area contributed by atoms with E-state index < -0.39 is 17.8 Å². The highest BCUT2D eigenvalue weighted by Gasteiger charge is 2.36. The number of fused-ring (bicyclic) bond motifs is 1. The zero-order valence-electron chi connectivity index (χ0n) is 16.4. The Labute approximate surface area is 183 Å². The van der Waals surface area contributed by atoms with Gasteiger partial charge in [-0.2, -0.15) is 23.4 Å². The molecule has 0 saturated heterocycles. The van der Waals surface area contributed by atoms with Crippen LogP contribution >= 0.6 is 22.9 Å². The van der Waals surface area contributed by atoms with Crippen molar-refractivity contribution in [3.05, 3.63) is 57.9 Å². The summed E-state index contributed by atoms with van der Waals surface area (Å²) in [6, 6.07) is 7.10. The second-order valence-electron chi connectivity index (χ2n) is 6.75. The van der Waals surface area contributed by atoms with Crippen molar-refractivity contribution in [2.45, 2.75) is 26.2 Å². The summed E-state index contributed by atoms with van der Waals surface area (Å²) < 4.78 is 43.9. The Kier molecular flexibility index (Phi) is 5.48. The van der Waals surface area contributed by atoms with Gasteiger partial charge in [-0.3, -0.25) is 9.48 Å². The predicted octanol–water partition coefficient (Wildman–Crippen LogP) is 4.62. The first kappa shape index (κ1) is 21.3. The maximum absolute atomic E-state index is 13.7. The van der Waals surface area contributed by atoms with Crippen LogP contribution < -0.4 is 0 Å². The molecule has 4 heterocycles. The molecule has 0 N–H and O–H groups in total. The molecule has 31 heavy (non-hydrogen) atoms. The largest absolute Gasteiger partial charge is 0.433 e. The zero-order valence-corrected chi connectivity index (χ0v) is 18.0. The first-order chi connectivity index (χ1) is 14.7. The van der Waals surface area contributed by atoms with Gasteiger partial charge in [0, 0.05) is 25.9 Å². The van der Waals surface area contributed by atoms with Gasteiger partial charge in [0.05, 0.1) is 27.1 Å². The van der Waals surface area contributed by atoms with Gasteiger partial charge in [-0.25, -0.2) is 9.50 Å². The maximum Gasteiger partial charge on any atom is 0.433 e. The van der Waals surface area contributed by atoms with Crippen LogP contribution in [0.2, 0.25) is 4.34 Å². The van der Waals surface area contributed by atoms with Crippen LogP contribution in [-0.2, 0) is 19.3 Å². The molecule has 0 bridgehead atoms. The van der Waals surface area contributed by atoms with Crippen molar-refractivity contribution in [1.82, 2.24) is 29.3 Å². The zero-order chi connectivity index (χ0) is 22.3. The number of hydrogen-bond donors (Lipinski definition) is 0. The van der Waals surface area contributed by atoms with E-state index in [-0.39, 0.29) is 23.6 Å². The van der Waals surface area contributed by atoms with Crippen LogP contribution in [0.15, 0.2) is 36.5 Å². The van der Waals surface area contributed by atoms with Gasteiger partial charge in [-0.05, 0) is 31.2 Å². The molecule has 162 valence electrons. The van der Waals surface area contributed by atoms with E-state index in [0.717, 1.165) is 17.4 Å². The van der Waals surface area contributed by atoms with Crippen LogP contribution in [-0.4, -0.2) is 42.2 Å². The van der Waals surface area contributed by atoms with E-state index in [4.69, 9.17) is 11.6 Å². The van der Waals surface area contributed by atoms with Gasteiger partial charge >= 0.3 is 6.18 Å². The quantitative estimate of drug-likeness (QED) is 0.428. The second kappa shape index (κ2) is 7.97. The van der Waals surface area contributed by atoms with Gasteiger partial charge in [0.25, 0.3) is 5.91 Å². The fourth-order valence-electron chi connectivity index (χ4n) is 3.03. The van der Waals surface area contributed by atoms with Gasteiger partial charge in [-0.15, -0.1) is 11.3 Å². The lowest BCUT2D eigenvalue weighted by Gasteiger charge is -2.14. The molecule has 4 aromatic heterocycles. The molecule has 0 fully saturated rings. The third kappa shape index (κ3) is 4.28. The number of hydrogen-bond acceptors (Lipinski definition) is 5. The van der Waals surface area contributed by atoms with E-state index in [9.17, 15) is 18.0 Å². The minimum atomic E-state index is -4.69. The average molecular weight is 469 g/mol. The molecule has 1 amide bonds. The van der Waals surface area contributed by atoms with Crippen LogP contribution in [0.3, 0.4) is 0 Å². The van der Waals surface area contributed by atoms with Gasteiger partial charge in [-0.1, -0.05) is 11.6 Å². The fourth-order valence-corrected chi connectivity index (χ4v) is 4.04. The van der Waals surface area contributed by atoms with E-state index in [0.29, 0.717) is 26.0 Å². The Hall–Kier alpha value is -2.92.